The van der Waals surface area contributed by atoms with Crippen molar-refractivity contribution < 1.29 is 8.42 Å². The first-order valence-corrected chi connectivity index (χ1v) is 9.59. The molecule has 0 saturated heterocycles. The van der Waals surface area contributed by atoms with E-state index in [9.17, 15) is 13.2 Å². The van der Waals surface area contributed by atoms with Gasteiger partial charge >= 0.3 is 0 Å². The van der Waals surface area contributed by atoms with E-state index < -0.39 is 10.7 Å². The fraction of sp³-hybridized carbons (Fsp3) is 0.444. The Morgan fingerprint density at radius 1 is 1.16 bits per heavy atom. The van der Waals surface area contributed by atoms with Gasteiger partial charge in [-0.3, -0.25) is 4.79 Å². The summed E-state index contributed by atoms with van der Waals surface area (Å²) in [4.78, 5) is 14.6. The average molecular weight is 363 g/mol. The van der Waals surface area contributed by atoms with Crippen molar-refractivity contribution in [3.05, 3.63) is 51.8 Å². The third kappa shape index (κ3) is 5.51. The summed E-state index contributed by atoms with van der Waals surface area (Å²) in [6.45, 7) is 5.19. The van der Waals surface area contributed by atoms with E-state index in [0.29, 0.717) is 24.6 Å². The van der Waals surface area contributed by atoms with E-state index in [-0.39, 0.29) is 11.3 Å². The summed E-state index contributed by atoms with van der Waals surface area (Å²) >= 11 is 0. The zero-order valence-electron chi connectivity index (χ0n) is 15.1. The Morgan fingerprint density at radius 3 is 2.32 bits per heavy atom. The third-order valence-electron chi connectivity index (χ3n) is 3.63. The minimum absolute atomic E-state index is 0.0295. The normalized spacial score (nSPS) is 11.6. The number of aromatic nitrogens is 2. The van der Waals surface area contributed by atoms with Gasteiger partial charge in [-0.1, -0.05) is 38.1 Å². The van der Waals surface area contributed by atoms with Crippen molar-refractivity contribution in [2.75, 3.05) is 14.1 Å². The van der Waals surface area contributed by atoms with Crippen molar-refractivity contribution in [1.82, 2.24) is 14.7 Å². The first-order chi connectivity index (χ1) is 11.8. The van der Waals surface area contributed by atoms with Crippen LogP contribution in [0.25, 0.3) is 11.3 Å². The van der Waals surface area contributed by atoms with Crippen LogP contribution in [0.1, 0.15) is 25.0 Å². The van der Waals surface area contributed by atoms with Gasteiger partial charge in [0.1, 0.15) is 10.7 Å². The van der Waals surface area contributed by atoms with Gasteiger partial charge < -0.3 is 4.90 Å². The topological polar surface area (TPSA) is 72.3 Å². The maximum atomic E-state index is 12.6. The summed E-state index contributed by atoms with van der Waals surface area (Å²) in [6, 6.07) is 9.08. The smallest absolute Gasteiger partial charge is 0.271 e. The molecule has 0 aliphatic carbocycles. The number of thiol groups is 1. The quantitative estimate of drug-likeness (QED) is 0.759. The Kier molecular flexibility index (Phi) is 6.50. The first kappa shape index (κ1) is 19.3. The van der Waals surface area contributed by atoms with Crippen molar-refractivity contribution in [3.63, 3.8) is 0 Å². The Labute approximate surface area is 150 Å². The van der Waals surface area contributed by atoms with Crippen LogP contribution in [0.4, 0.5) is 0 Å². The molecule has 2 aromatic rings. The summed E-state index contributed by atoms with van der Waals surface area (Å²) < 4.78 is 23.2. The van der Waals surface area contributed by atoms with Gasteiger partial charge in [-0.15, -0.1) is 0 Å². The number of nitrogens with zero attached hydrogens (tertiary/aromatic N) is 3. The van der Waals surface area contributed by atoms with E-state index in [1.165, 1.54) is 4.68 Å². The molecule has 0 N–H and O–H groups in total. The largest absolute Gasteiger partial charge is 0.305 e. The van der Waals surface area contributed by atoms with Gasteiger partial charge in [-0.05, 0) is 31.6 Å². The summed E-state index contributed by atoms with van der Waals surface area (Å²) in [5, 5.41) is 4.51. The fourth-order valence-electron chi connectivity index (χ4n) is 2.59. The Hall–Kier alpha value is -1.99. The molecule has 0 amide bonds. The summed E-state index contributed by atoms with van der Waals surface area (Å²) in [7, 11) is 1.40. The number of rotatable bonds is 7. The van der Waals surface area contributed by atoms with Crippen LogP contribution < -0.4 is 5.56 Å². The van der Waals surface area contributed by atoms with Crippen molar-refractivity contribution >= 4 is 10.7 Å². The molecule has 0 aliphatic heterocycles. The highest BCUT2D eigenvalue weighted by Crippen LogP contribution is 2.18. The summed E-state index contributed by atoms with van der Waals surface area (Å²) in [5.41, 5.74) is 2.95. The van der Waals surface area contributed by atoms with Gasteiger partial charge in [0, 0.05) is 24.2 Å². The van der Waals surface area contributed by atoms with Crippen molar-refractivity contribution in [2.24, 2.45) is 5.92 Å². The predicted molar refractivity (Wildman–Crippen MR) is 100 cm³/mol. The van der Waals surface area contributed by atoms with E-state index in [0.717, 1.165) is 16.8 Å². The molecule has 1 heterocycles. The molecular formula is C18H25N3O3S. The molecule has 0 radical (unpaired) electrons. The van der Waals surface area contributed by atoms with Gasteiger partial charge in [-0.2, -0.15) is 5.10 Å². The summed E-state index contributed by atoms with van der Waals surface area (Å²) in [5.74, 6) is 0.338. The van der Waals surface area contributed by atoms with Crippen molar-refractivity contribution in [1.29, 1.82) is 0 Å². The van der Waals surface area contributed by atoms with Crippen LogP contribution in [0.5, 0.6) is 0 Å². The minimum Gasteiger partial charge on any atom is -0.305 e. The molecule has 0 saturated carbocycles. The maximum Gasteiger partial charge on any atom is 0.271 e. The van der Waals surface area contributed by atoms with Gasteiger partial charge in [0.05, 0.1) is 11.4 Å². The fourth-order valence-corrected chi connectivity index (χ4v) is 3.10. The second-order valence-corrected chi connectivity index (χ2v) is 7.84. The van der Waals surface area contributed by atoms with Crippen LogP contribution in [0.15, 0.2) is 35.1 Å². The van der Waals surface area contributed by atoms with E-state index in [4.69, 9.17) is 0 Å². The first-order valence-electron chi connectivity index (χ1n) is 8.23. The van der Waals surface area contributed by atoms with Crippen LogP contribution in [0.2, 0.25) is 0 Å². The number of benzene rings is 1. The monoisotopic (exact) mass is 363 g/mol. The zero-order valence-corrected chi connectivity index (χ0v) is 16.0. The second kappa shape index (κ2) is 8.40. The number of hydrogen-bond donors (Lipinski definition) is 1. The van der Waals surface area contributed by atoms with E-state index in [1.807, 2.05) is 51.0 Å². The molecule has 0 spiro atoms. The van der Waals surface area contributed by atoms with Crippen molar-refractivity contribution in [3.8, 4) is 11.3 Å². The highest BCUT2D eigenvalue weighted by Gasteiger charge is 2.12. The Morgan fingerprint density at radius 2 is 1.80 bits per heavy atom. The minimum atomic E-state index is -2.44. The zero-order chi connectivity index (χ0) is 18.6. The molecule has 6 nitrogen and oxygen atoms in total. The van der Waals surface area contributed by atoms with Crippen LogP contribution in [0.3, 0.4) is 0 Å². The standard InChI is InChI=1S/C18H25N3O3S/c1-13(2)10-21-18(22)16(11-20(3)4)9-17(19-21)15-7-5-14(6-8-15)12-25(23)24/h5-9,13,25H,10-12H2,1-4H3. The second-order valence-electron chi connectivity index (χ2n) is 6.86. The van der Waals surface area contributed by atoms with Crippen molar-refractivity contribution in [2.45, 2.75) is 32.7 Å². The predicted octanol–water partition coefficient (Wildman–Crippen LogP) is 1.74. The molecule has 7 heteroatoms. The van der Waals surface area contributed by atoms with E-state index >= 15 is 0 Å². The van der Waals surface area contributed by atoms with Gasteiger partial charge in [-0.25, -0.2) is 13.1 Å². The average Bonchev–Trinajstić information content (AvgIpc) is 2.50. The van der Waals surface area contributed by atoms with Gasteiger partial charge in [0.25, 0.3) is 5.56 Å². The molecule has 25 heavy (non-hydrogen) atoms. The molecule has 0 bridgehead atoms. The molecule has 136 valence electrons. The van der Waals surface area contributed by atoms with E-state index in [1.54, 1.807) is 12.1 Å². The van der Waals surface area contributed by atoms with Crippen LogP contribution in [0, 0.1) is 5.92 Å². The SMILES string of the molecule is CC(C)Cn1nc(-c2ccc(C[SH](=O)=O)cc2)cc(CN(C)C)c1=O. The van der Waals surface area contributed by atoms with Gasteiger partial charge in [0.15, 0.2) is 0 Å². The van der Waals surface area contributed by atoms with E-state index in [2.05, 4.69) is 5.10 Å². The molecule has 1 aromatic heterocycles. The van der Waals surface area contributed by atoms with Crippen LogP contribution in [-0.4, -0.2) is 37.2 Å². The molecule has 0 fully saturated rings. The highest BCUT2D eigenvalue weighted by atomic mass is 32.2. The van der Waals surface area contributed by atoms with Crippen LogP contribution >= 0.6 is 0 Å². The lowest BCUT2D eigenvalue weighted by Gasteiger charge is -2.15. The molecule has 1 aromatic carbocycles. The lowest BCUT2D eigenvalue weighted by molar-refractivity contribution is 0.392. The van der Waals surface area contributed by atoms with Gasteiger partial charge in [0.2, 0.25) is 0 Å². The number of hydrogen-bond acceptors (Lipinski definition) is 5. The molecule has 2 rings (SSSR count). The molecule has 0 atom stereocenters. The Balaban J connectivity index is 2.46. The molecule has 0 unspecified atom stereocenters. The summed E-state index contributed by atoms with van der Waals surface area (Å²) in [6.07, 6.45) is 0. The lowest BCUT2D eigenvalue weighted by Crippen LogP contribution is -2.30. The molecule has 0 aliphatic rings. The highest BCUT2D eigenvalue weighted by molar-refractivity contribution is 7.71. The van der Waals surface area contributed by atoms with Crippen LogP contribution in [-0.2, 0) is 29.5 Å². The third-order valence-corrected chi connectivity index (χ3v) is 4.26. The Bertz CT molecular complexity index is 811. The lowest BCUT2D eigenvalue weighted by atomic mass is 10.1. The molecular weight excluding hydrogens is 338 g/mol. The maximum absolute atomic E-state index is 12.6.